The summed E-state index contributed by atoms with van der Waals surface area (Å²) in [5.41, 5.74) is 0. The van der Waals surface area contributed by atoms with Crippen molar-refractivity contribution in [2.75, 3.05) is 13.1 Å². The zero-order valence-electron chi connectivity index (χ0n) is 10.1. The fourth-order valence-corrected chi connectivity index (χ4v) is 2.88. The number of rotatable bonds is 4. The molecule has 1 amide bonds. The number of amides is 1. The quantitative estimate of drug-likeness (QED) is 0.859. The van der Waals surface area contributed by atoms with Crippen molar-refractivity contribution < 1.29 is 4.79 Å². The molecule has 0 bridgehead atoms. The normalized spacial score (nSPS) is 22.1. The molecule has 1 aliphatic heterocycles. The van der Waals surface area contributed by atoms with Crippen molar-refractivity contribution >= 4 is 17.2 Å². The van der Waals surface area contributed by atoms with E-state index in [1.165, 1.54) is 0 Å². The largest absolute Gasteiger partial charge is 0.347 e. The van der Waals surface area contributed by atoms with Crippen molar-refractivity contribution in [3.05, 3.63) is 16.6 Å². The second kappa shape index (κ2) is 6.12. The Hall–Kier alpha value is -0.940. The number of nitrogens with one attached hydrogen (secondary N) is 2. The van der Waals surface area contributed by atoms with Crippen LogP contribution in [0.2, 0.25) is 0 Å². The highest BCUT2D eigenvalue weighted by Crippen LogP contribution is 2.20. The van der Waals surface area contributed by atoms with E-state index in [1.54, 1.807) is 17.5 Å². The summed E-state index contributed by atoms with van der Waals surface area (Å²) in [4.78, 5) is 16.4. The molecule has 1 fully saturated rings. The highest BCUT2D eigenvalue weighted by Gasteiger charge is 2.23. The lowest BCUT2D eigenvalue weighted by Crippen LogP contribution is -2.41. The van der Waals surface area contributed by atoms with E-state index < -0.39 is 0 Å². The lowest BCUT2D eigenvalue weighted by molar-refractivity contribution is -0.126. The van der Waals surface area contributed by atoms with Crippen molar-refractivity contribution in [2.45, 2.75) is 32.2 Å². The van der Waals surface area contributed by atoms with Gasteiger partial charge in [0.15, 0.2) is 0 Å². The van der Waals surface area contributed by atoms with Gasteiger partial charge in [0.25, 0.3) is 0 Å². The molecule has 1 saturated heterocycles. The van der Waals surface area contributed by atoms with E-state index in [9.17, 15) is 4.79 Å². The number of carbonyl (C=O) groups is 1. The van der Waals surface area contributed by atoms with Crippen molar-refractivity contribution in [1.29, 1.82) is 0 Å². The average Bonchev–Trinajstić information content (AvgIpc) is 2.90. The maximum atomic E-state index is 12.1. The van der Waals surface area contributed by atoms with Gasteiger partial charge in [-0.05, 0) is 25.8 Å². The number of aromatic nitrogens is 1. The van der Waals surface area contributed by atoms with Crippen LogP contribution in [0.1, 0.15) is 37.2 Å². The van der Waals surface area contributed by atoms with Gasteiger partial charge in [-0.25, -0.2) is 4.98 Å². The van der Waals surface area contributed by atoms with Crippen molar-refractivity contribution in [3.8, 4) is 0 Å². The Bertz CT molecular complexity index is 347. The first-order valence-corrected chi connectivity index (χ1v) is 7.09. The fraction of sp³-hybridized carbons (Fsp3) is 0.667. The summed E-state index contributed by atoms with van der Waals surface area (Å²) in [6.07, 6.45) is 4.76. The van der Waals surface area contributed by atoms with E-state index in [2.05, 4.69) is 22.5 Å². The third-order valence-corrected chi connectivity index (χ3v) is 4.03. The van der Waals surface area contributed by atoms with Crippen molar-refractivity contribution in [3.63, 3.8) is 0 Å². The molecule has 1 aromatic rings. The average molecular weight is 253 g/mol. The van der Waals surface area contributed by atoms with Crippen LogP contribution < -0.4 is 10.6 Å². The molecule has 1 aromatic heterocycles. The Morgan fingerprint density at radius 3 is 3.24 bits per heavy atom. The van der Waals surface area contributed by atoms with E-state index in [0.29, 0.717) is 0 Å². The van der Waals surface area contributed by atoms with Crippen LogP contribution in [0, 0.1) is 5.92 Å². The van der Waals surface area contributed by atoms with Gasteiger partial charge in [-0.1, -0.05) is 6.92 Å². The Balaban J connectivity index is 1.92. The fourth-order valence-electron chi connectivity index (χ4n) is 2.11. The van der Waals surface area contributed by atoms with Gasteiger partial charge in [-0.2, -0.15) is 0 Å². The molecule has 0 spiro atoms. The second-order valence-corrected chi connectivity index (χ2v) is 5.31. The molecule has 1 unspecified atom stereocenters. The first-order valence-electron chi connectivity index (χ1n) is 6.21. The summed E-state index contributed by atoms with van der Waals surface area (Å²) in [5.74, 6) is 0.289. The smallest absolute Gasteiger partial charge is 0.224 e. The van der Waals surface area contributed by atoms with Crippen molar-refractivity contribution in [1.82, 2.24) is 15.6 Å². The van der Waals surface area contributed by atoms with Gasteiger partial charge in [-0.15, -0.1) is 11.3 Å². The van der Waals surface area contributed by atoms with Gasteiger partial charge >= 0.3 is 0 Å². The zero-order valence-corrected chi connectivity index (χ0v) is 10.9. The van der Waals surface area contributed by atoms with Gasteiger partial charge in [0.05, 0.1) is 12.0 Å². The highest BCUT2D eigenvalue weighted by molar-refractivity contribution is 7.09. The van der Waals surface area contributed by atoms with Crippen LogP contribution in [0.3, 0.4) is 0 Å². The summed E-state index contributed by atoms with van der Waals surface area (Å²) in [5, 5.41) is 9.33. The summed E-state index contributed by atoms with van der Waals surface area (Å²) in [6, 6.07) is 0.0735. The molecule has 1 aliphatic rings. The van der Waals surface area contributed by atoms with Crippen LogP contribution in [0.15, 0.2) is 11.6 Å². The monoisotopic (exact) mass is 253 g/mol. The Morgan fingerprint density at radius 2 is 2.65 bits per heavy atom. The molecule has 0 aliphatic carbocycles. The van der Waals surface area contributed by atoms with Gasteiger partial charge < -0.3 is 10.6 Å². The molecule has 2 N–H and O–H groups in total. The van der Waals surface area contributed by atoms with E-state index in [1.807, 2.05) is 5.38 Å². The number of thiazole rings is 1. The van der Waals surface area contributed by atoms with Gasteiger partial charge in [0, 0.05) is 18.1 Å². The molecule has 2 heterocycles. The van der Waals surface area contributed by atoms with Gasteiger partial charge in [-0.3, -0.25) is 4.79 Å². The predicted octanol–water partition coefficient (Wildman–Crippen LogP) is 1.71. The highest BCUT2D eigenvalue weighted by atomic mass is 32.1. The number of piperidine rings is 1. The summed E-state index contributed by atoms with van der Waals surface area (Å²) in [7, 11) is 0. The third kappa shape index (κ3) is 3.26. The maximum Gasteiger partial charge on any atom is 0.224 e. The van der Waals surface area contributed by atoms with E-state index in [4.69, 9.17) is 0 Å². The summed E-state index contributed by atoms with van der Waals surface area (Å²) >= 11 is 1.60. The first kappa shape index (κ1) is 12.5. The van der Waals surface area contributed by atoms with E-state index in [-0.39, 0.29) is 17.9 Å². The first-order chi connectivity index (χ1) is 8.31. The molecule has 94 valence electrons. The predicted molar refractivity (Wildman–Crippen MR) is 68.9 cm³/mol. The second-order valence-electron chi connectivity index (χ2n) is 4.38. The SMILES string of the molecule is CCC(NC(=O)[C@@H]1CCCNC1)c1nccs1. The minimum absolute atomic E-state index is 0.0735. The van der Waals surface area contributed by atoms with Crippen LogP contribution in [0.5, 0.6) is 0 Å². The molecular formula is C12H19N3OS. The molecule has 2 rings (SSSR count). The van der Waals surface area contributed by atoms with Crippen molar-refractivity contribution in [2.24, 2.45) is 5.92 Å². The summed E-state index contributed by atoms with van der Waals surface area (Å²) < 4.78 is 0. The lowest BCUT2D eigenvalue weighted by Gasteiger charge is -2.24. The zero-order chi connectivity index (χ0) is 12.1. The van der Waals surface area contributed by atoms with E-state index in [0.717, 1.165) is 37.4 Å². The minimum Gasteiger partial charge on any atom is -0.347 e. The minimum atomic E-state index is 0.0735. The molecule has 17 heavy (non-hydrogen) atoms. The van der Waals surface area contributed by atoms with Crippen LogP contribution in [0.25, 0.3) is 0 Å². The summed E-state index contributed by atoms with van der Waals surface area (Å²) in [6.45, 7) is 3.92. The molecule has 0 radical (unpaired) electrons. The van der Waals surface area contributed by atoms with Gasteiger partial charge in [0.1, 0.15) is 5.01 Å². The number of nitrogens with zero attached hydrogens (tertiary/aromatic N) is 1. The topological polar surface area (TPSA) is 54.0 Å². The van der Waals surface area contributed by atoms with Crippen LogP contribution >= 0.6 is 11.3 Å². The van der Waals surface area contributed by atoms with Gasteiger partial charge in [0.2, 0.25) is 5.91 Å². The third-order valence-electron chi connectivity index (χ3n) is 3.14. The number of carbonyl (C=O) groups excluding carboxylic acids is 1. The maximum absolute atomic E-state index is 12.1. The Labute approximate surface area is 106 Å². The molecule has 0 saturated carbocycles. The molecule has 2 atom stereocenters. The Kier molecular flexibility index (Phi) is 4.50. The molecular weight excluding hydrogens is 234 g/mol. The lowest BCUT2D eigenvalue weighted by atomic mass is 9.98. The molecule has 0 aromatic carbocycles. The van der Waals surface area contributed by atoms with E-state index >= 15 is 0 Å². The number of hydrogen-bond acceptors (Lipinski definition) is 4. The van der Waals surface area contributed by atoms with Crippen LogP contribution in [-0.4, -0.2) is 24.0 Å². The van der Waals surface area contributed by atoms with Crippen LogP contribution in [-0.2, 0) is 4.79 Å². The Morgan fingerprint density at radius 1 is 1.76 bits per heavy atom. The molecule has 5 heteroatoms. The standard InChI is InChI=1S/C12H19N3OS/c1-2-10(12-14-6-7-17-12)15-11(16)9-4-3-5-13-8-9/h6-7,9-10,13H,2-5,8H2,1H3,(H,15,16)/t9-,10?/m1/s1. The molecule has 4 nitrogen and oxygen atoms in total. The number of hydrogen-bond donors (Lipinski definition) is 2. The van der Waals surface area contributed by atoms with Crippen LogP contribution in [0.4, 0.5) is 0 Å².